The number of nitrogens with zero attached hydrogens (tertiary/aromatic N) is 1. The molecule has 0 amide bonds. The molecule has 0 saturated carbocycles. The number of benzene rings is 2. The van der Waals surface area contributed by atoms with Crippen LogP contribution in [0.25, 0.3) is 0 Å². The second-order valence-electron chi connectivity index (χ2n) is 5.16. The lowest BCUT2D eigenvalue weighted by Crippen LogP contribution is -2.20. The molecule has 0 spiro atoms. The van der Waals surface area contributed by atoms with Crippen LogP contribution in [0.3, 0.4) is 0 Å². The van der Waals surface area contributed by atoms with Gasteiger partial charge in [0.25, 0.3) is 0 Å². The lowest BCUT2D eigenvalue weighted by atomic mass is 9.97. The van der Waals surface area contributed by atoms with Gasteiger partial charge in [0.15, 0.2) is 11.5 Å². The lowest BCUT2D eigenvalue weighted by molar-refractivity contribution is 0.354. The van der Waals surface area contributed by atoms with Gasteiger partial charge in [-0.05, 0) is 36.2 Å². The van der Waals surface area contributed by atoms with Gasteiger partial charge in [-0.1, -0.05) is 23.7 Å². The Morgan fingerprint density at radius 3 is 2.52 bits per heavy atom. The third kappa shape index (κ3) is 3.27. The maximum atomic E-state index is 6.13. The molecule has 0 atom stereocenters. The molecule has 1 aliphatic heterocycles. The van der Waals surface area contributed by atoms with E-state index in [1.165, 1.54) is 5.56 Å². The van der Waals surface area contributed by atoms with Crippen LogP contribution in [0.15, 0.2) is 41.4 Å². The highest BCUT2D eigenvalue weighted by Crippen LogP contribution is 2.33. The molecule has 0 fully saturated rings. The van der Waals surface area contributed by atoms with Crippen molar-refractivity contribution < 1.29 is 14.2 Å². The average Bonchev–Trinajstić information content (AvgIpc) is 2.59. The summed E-state index contributed by atoms with van der Waals surface area (Å²) in [6.07, 6.45) is 0.880. The topological polar surface area (TPSA) is 40.0 Å². The fourth-order valence-corrected chi connectivity index (χ4v) is 2.81. The quantitative estimate of drug-likeness (QED) is 0.837. The van der Waals surface area contributed by atoms with Crippen molar-refractivity contribution in [2.45, 2.75) is 6.42 Å². The molecule has 0 saturated heterocycles. The van der Waals surface area contributed by atoms with E-state index in [1.807, 2.05) is 30.3 Å². The highest BCUT2D eigenvalue weighted by atomic mass is 35.5. The largest absolute Gasteiger partial charge is 0.493 e. The molecule has 0 radical (unpaired) electrons. The number of hydrogen-bond donors (Lipinski definition) is 0. The Morgan fingerprint density at radius 1 is 1.04 bits per heavy atom. The Morgan fingerprint density at radius 2 is 1.78 bits per heavy atom. The molecular weight excluding hydrogens is 314 g/mol. The Kier molecular flexibility index (Phi) is 4.72. The van der Waals surface area contributed by atoms with Gasteiger partial charge in [-0.25, -0.2) is 0 Å². The van der Waals surface area contributed by atoms with E-state index in [2.05, 4.69) is 4.99 Å². The van der Waals surface area contributed by atoms with Crippen LogP contribution >= 0.6 is 11.6 Å². The van der Waals surface area contributed by atoms with E-state index < -0.39 is 0 Å². The molecule has 2 aromatic carbocycles. The van der Waals surface area contributed by atoms with Gasteiger partial charge in [0.1, 0.15) is 12.4 Å². The molecule has 120 valence electrons. The molecule has 0 unspecified atom stereocenters. The smallest absolute Gasteiger partial charge is 0.161 e. The van der Waals surface area contributed by atoms with Crippen molar-refractivity contribution in [2.75, 3.05) is 27.4 Å². The summed E-state index contributed by atoms with van der Waals surface area (Å²) in [5.41, 5.74) is 3.13. The van der Waals surface area contributed by atoms with Crippen molar-refractivity contribution in [2.24, 2.45) is 4.99 Å². The Labute approximate surface area is 140 Å². The summed E-state index contributed by atoms with van der Waals surface area (Å²) in [6.45, 7) is 1.11. The summed E-state index contributed by atoms with van der Waals surface area (Å²) in [5.74, 6) is 2.09. The Hall–Kier alpha value is -2.20. The van der Waals surface area contributed by atoms with Gasteiger partial charge in [-0.15, -0.1) is 0 Å². The van der Waals surface area contributed by atoms with Gasteiger partial charge in [-0.2, -0.15) is 0 Å². The number of halogens is 1. The first-order valence-corrected chi connectivity index (χ1v) is 7.76. The van der Waals surface area contributed by atoms with Crippen LogP contribution in [0.1, 0.15) is 11.1 Å². The monoisotopic (exact) mass is 331 g/mol. The molecule has 23 heavy (non-hydrogen) atoms. The normalized spacial score (nSPS) is 13.1. The van der Waals surface area contributed by atoms with Crippen molar-refractivity contribution in [3.8, 4) is 17.2 Å². The highest BCUT2D eigenvalue weighted by molar-refractivity contribution is 6.32. The zero-order valence-electron chi connectivity index (χ0n) is 13.1. The van der Waals surface area contributed by atoms with Crippen molar-refractivity contribution in [3.63, 3.8) is 0 Å². The predicted octanol–water partition coefficient (Wildman–Crippen LogP) is 3.78. The molecule has 2 aromatic rings. The van der Waals surface area contributed by atoms with Crippen LogP contribution in [0, 0.1) is 0 Å². The van der Waals surface area contributed by atoms with Gasteiger partial charge in [0.05, 0.1) is 25.0 Å². The van der Waals surface area contributed by atoms with E-state index in [0.29, 0.717) is 23.1 Å². The summed E-state index contributed by atoms with van der Waals surface area (Å²) < 4.78 is 16.6. The molecule has 5 heteroatoms. The number of ether oxygens (including phenoxy) is 3. The number of fused-ring (bicyclic) bond motifs is 1. The van der Waals surface area contributed by atoms with Crippen LogP contribution in [0.2, 0.25) is 5.02 Å². The summed E-state index contributed by atoms with van der Waals surface area (Å²) in [6, 6.07) is 11.4. The molecule has 0 bridgehead atoms. The molecule has 0 aromatic heterocycles. The Balaban J connectivity index is 1.85. The number of rotatable bonds is 5. The van der Waals surface area contributed by atoms with E-state index in [-0.39, 0.29) is 0 Å². The van der Waals surface area contributed by atoms with Gasteiger partial charge in [0.2, 0.25) is 0 Å². The second-order valence-corrected chi connectivity index (χ2v) is 5.57. The van der Waals surface area contributed by atoms with E-state index in [9.17, 15) is 0 Å². The highest BCUT2D eigenvalue weighted by Gasteiger charge is 2.19. The zero-order chi connectivity index (χ0) is 16.2. The molecule has 0 aliphatic carbocycles. The van der Waals surface area contributed by atoms with Crippen molar-refractivity contribution in [3.05, 3.63) is 52.5 Å². The van der Waals surface area contributed by atoms with Crippen LogP contribution in [-0.2, 0) is 6.42 Å². The predicted molar refractivity (Wildman–Crippen MR) is 91.6 cm³/mol. The van der Waals surface area contributed by atoms with Crippen LogP contribution < -0.4 is 14.2 Å². The van der Waals surface area contributed by atoms with Gasteiger partial charge >= 0.3 is 0 Å². The van der Waals surface area contributed by atoms with Crippen molar-refractivity contribution >= 4 is 17.3 Å². The van der Waals surface area contributed by atoms with Gasteiger partial charge in [-0.3, -0.25) is 4.99 Å². The van der Waals surface area contributed by atoms with Gasteiger partial charge in [0, 0.05) is 12.1 Å². The van der Waals surface area contributed by atoms with E-state index in [1.54, 1.807) is 20.3 Å². The minimum Gasteiger partial charge on any atom is -0.493 e. The number of hydrogen-bond acceptors (Lipinski definition) is 4. The van der Waals surface area contributed by atoms with Crippen molar-refractivity contribution in [1.82, 2.24) is 0 Å². The first-order valence-electron chi connectivity index (χ1n) is 7.39. The number of methoxy groups -OCH3 is 2. The maximum Gasteiger partial charge on any atom is 0.161 e. The van der Waals surface area contributed by atoms with Crippen LogP contribution in [0.5, 0.6) is 17.2 Å². The van der Waals surface area contributed by atoms with E-state index in [0.717, 1.165) is 30.0 Å². The first-order chi connectivity index (χ1) is 11.2. The number of para-hydroxylation sites is 1. The molecule has 0 N–H and O–H groups in total. The van der Waals surface area contributed by atoms with Crippen LogP contribution in [0.4, 0.5) is 0 Å². The van der Waals surface area contributed by atoms with Gasteiger partial charge < -0.3 is 14.2 Å². The summed E-state index contributed by atoms with van der Waals surface area (Å²) >= 11 is 6.13. The zero-order valence-corrected chi connectivity index (χ0v) is 13.9. The molecular formula is C18H18ClNO3. The fourth-order valence-electron chi connectivity index (χ4n) is 2.62. The minimum atomic E-state index is 0.367. The molecule has 4 nitrogen and oxygen atoms in total. The summed E-state index contributed by atoms with van der Waals surface area (Å²) in [4.78, 5) is 4.60. The maximum absolute atomic E-state index is 6.13. The third-order valence-electron chi connectivity index (χ3n) is 3.81. The third-order valence-corrected chi connectivity index (χ3v) is 4.12. The SMILES string of the molecule is COc1cc2c(cc1OC)C(COc1ccccc1Cl)=NCC2. The minimum absolute atomic E-state index is 0.367. The Bertz CT molecular complexity index is 743. The second kappa shape index (κ2) is 6.92. The fraction of sp³-hybridized carbons (Fsp3) is 0.278. The molecule has 3 rings (SSSR count). The summed E-state index contributed by atoms with van der Waals surface area (Å²) in [5, 5.41) is 0.594. The lowest BCUT2D eigenvalue weighted by Gasteiger charge is -2.20. The van der Waals surface area contributed by atoms with Crippen molar-refractivity contribution in [1.29, 1.82) is 0 Å². The average molecular weight is 332 g/mol. The molecule has 1 heterocycles. The van der Waals surface area contributed by atoms with E-state index in [4.69, 9.17) is 25.8 Å². The number of aliphatic imine (C=N–C) groups is 1. The summed E-state index contributed by atoms with van der Waals surface area (Å²) in [7, 11) is 3.27. The molecule has 1 aliphatic rings. The van der Waals surface area contributed by atoms with E-state index >= 15 is 0 Å². The standard InChI is InChI=1S/C18H18ClNO3/c1-21-17-9-12-7-8-20-15(13(12)10-18(17)22-2)11-23-16-6-4-3-5-14(16)19/h3-6,9-10H,7-8,11H2,1-2H3. The first kappa shape index (κ1) is 15.7. The van der Waals surface area contributed by atoms with Crippen LogP contribution in [-0.4, -0.2) is 33.1 Å².